The van der Waals surface area contributed by atoms with Gasteiger partial charge in [-0.25, -0.2) is 0 Å². The number of hydrogen-bond acceptors (Lipinski definition) is 3. The maximum Gasteiger partial charge on any atom is 0.248 e. The van der Waals surface area contributed by atoms with Gasteiger partial charge in [-0.15, -0.1) is 0 Å². The number of amides is 2. The molecule has 4 atom stereocenters. The van der Waals surface area contributed by atoms with Crippen LogP contribution in [0.2, 0.25) is 0 Å². The number of ether oxygens (including phenoxy) is 1. The van der Waals surface area contributed by atoms with E-state index in [2.05, 4.69) is 5.32 Å². The molecule has 1 saturated heterocycles. The molecule has 1 aliphatic carbocycles. The molecule has 0 aromatic carbocycles. The lowest BCUT2D eigenvalue weighted by molar-refractivity contribution is -0.157. The summed E-state index contributed by atoms with van der Waals surface area (Å²) in [5.74, 6) is 0.0468. The third-order valence-electron chi connectivity index (χ3n) is 4.92. The molecule has 5 heteroatoms. The first-order valence-corrected chi connectivity index (χ1v) is 7.64. The summed E-state index contributed by atoms with van der Waals surface area (Å²) in [6.45, 7) is 5.73. The summed E-state index contributed by atoms with van der Waals surface area (Å²) in [7, 11) is 1.71. The van der Waals surface area contributed by atoms with Crippen molar-refractivity contribution in [3.63, 3.8) is 0 Å². The van der Waals surface area contributed by atoms with Gasteiger partial charge in [0.1, 0.15) is 11.6 Å². The van der Waals surface area contributed by atoms with Gasteiger partial charge in [0, 0.05) is 13.2 Å². The van der Waals surface area contributed by atoms with Crippen molar-refractivity contribution in [3.05, 3.63) is 0 Å². The lowest BCUT2D eigenvalue weighted by atomic mass is 9.89. The van der Waals surface area contributed by atoms with Crippen molar-refractivity contribution in [3.8, 4) is 0 Å². The molecule has 1 heterocycles. The Bertz CT molecular complexity index is 399. The van der Waals surface area contributed by atoms with Crippen LogP contribution in [0, 0.1) is 0 Å². The van der Waals surface area contributed by atoms with Crippen LogP contribution in [0.3, 0.4) is 0 Å². The van der Waals surface area contributed by atoms with Crippen LogP contribution in [0.4, 0.5) is 0 Å². The quantitative estimate of drug-likeness (QED) is 0.849. The smallest absolute Gasteiger partial charge is 0.248 e. The van der Waals surface area contributed by atoms with Gasteiger partial charge in [0.05, 0.1) is 6.10 Å². The Hall–Kier alpha value is -1.10. The van der Waals surface area contributed by atoms with Crippen LogP contribution in [0.15, 0.2) is 0 Å². The molecule has 2 rings (SSSR count). The van der Waals surface area contributed by atoms with Gasteiger partial charge in [-0.2, -0.15) is 0 Å². The molecule has 4 unspecified atom stereocenters. The molecule has 1 saturated carbocycles. The first-order valence-electron chi connectivity index (χ1n) is 7.64. The average molecular weight is 282 g/mol. The van der Waals surface area contributed by atoms with E-state index < -0.39 is 5.54 Å². The fraction of sp³-hybridized carbons (Fsp3) is 0.867. The van der Waals surface area contributed by atoms with Crippen molar-refractivity contribution in [1.29, 1.82) is 0 Å². The van der Waals surface area contributed by atoms with E-state index in [0.29, 0.717) is 12.8 Å². The molecule has 2 amide bonds. The molecule has 5 nitrogen and oxygen atoms in total. The molecule has 0 aromatic heterocycles. The highest BCUT2D eigenvalue weighted by atomic mass is 16.5. The topological polar surface area (TPSA) is 58.6 Å². The maximum absolute atomic E-state index is 12.8. The Morgan fingerprint density at radius 2 is 2.05 bits per heavy atom. The highest BCUT2D eigenvalue weighted by Crippen LogP contribution is 2.33. The van der Waals surface area contributed by atoms with Crippen molar-refractivity contribution in [1.82, 2.24) is 10.2 Å². The molecule has 0 spiro atoms. The Balaban J connectivity index is 2.26. The summed E-state index contributed by atoms with van der Waals surface area (Å²) in [5, 5.41) is 2.91. The summed E-state index contributed by atoms with van der Waals surface area (Å²) < 4.78 is 5.40. The second kappa shape index (κ2) is 5.72. The van der Waals surface area contributed by atoms with Crippen LogP contribution in [0.25, 0.3) is 0 Å². The van der Waals surface area contributed by atoms with E-state index in [1.54, 1.807) is 7.11 Å². The van der Waals surface area contributed by atoms with Crippen LogP contribution >= 0.6 is 0 Å². The molecular weight excluding hydrogens is 256 g/mol. The van der Waals surface area contributed by atoms with Crippen molar-refractivity contribution in [2.45, 2.75) is 76.6 Å². The van der Waals surface area contributed by atoms with Gasteiger partial charge in [-0.05, 0) is 39.0 Å². The van der Waals surface area contributed by atoms with Crippen molar-refractivity contribution < 1.29 is 14.3 Å². The molecule has 0 radical (unpaired) electrons. The van der Waals surface area contributed by atoms with Crippen LogP contribution in [0.1, 0.15) is 52.9 Å². The molecule has 0 bridgehead atoms. The van der Waals surface area contributed by atoms with Gasteiger partial charge >= 0.3 is 0 Å². The Morgan fingerprint density at radius 1 is 1.35 bits per heavy atom. The number of nitrogens with one attached hydrogen (secondary N) is 1. The number of nitrogens with zero attached hydrogens (tertiary/aromatic N) is 1. The summed E-state index contributed by atoms with van der Waals surface area (Å²) in [6, 6.07) is -0.197. The minimum Gasteiger partial charge on any atom is -0.381 e. The van der Waals surface area contributed by atoms with E-state index in [-0.39, 0.29) is 30.0 Å². The lowest BCUT2D eigenvalue weighted by Gasteiger charge is -2.46. The minimum absolute atomic E-state index is 0.0164. The second-order valence-electron chi connectivity index (χ2n) is 6.14. The zero-order chi connectivity index (χ0) is 14.9. The fourth-order valence-corrected chi connectivity index (χ4v) is 3.39. The average Bonchev–Trinajstić information content (AvgIpc) is 2.91. The molecule has 114 valence electrons. The SMILES string of the molecule is CCC1C(=O)NC(C)(CC)C(=O)N1C1CCC(OC)C1. The number of methoxy groups -OCH3 is 1. The second-order valence-corrected chi connectivity index (χ2v) is 6.14. The first kappa shape index (κ1) is 15.3. The number of rotatable bonds is 4. The zero-order valence-corrected chi connectivity index (χ0v) is 12.9. The standard InChI is InChI=1S/C15H26N2O3/c1-5-12-13(18)16-15(3,6-2)14(19)17(12)10-7-8-11(9-10)20-4/h10-12H,5-9H2,1-4H3,(H,16,18). The molecule has 0 aromatic rings. The summed E-state index contributed by atoms with van der Waals surface area (Å²) in [6.07, 6.45) is 4.21. The highest BCUT2D eigenvalue weighted by Gasteiger charge is 2.49. The van der Waals surface area contributed by atoms with Gasteiger partial charge in [0.2, 0.25) is 11.8 Å². The number of piperazine rings is 1. The van der Waals surface area contributed by atoms with E-state index in [0.717, 1.165) is 19.3 Å². The summed E-state index contributed by atoms with van der Waals surface area (Å²) >= 11 is 0. The van der Waals surface area contributed by atoms with Crippen molar-refractivity contribution in [2.75, 3.05) is 7.11 Å². The van der Waals surface area contributed by atoms with E-state index in [1.807, 2.05) is 25.7 Å². The molecule has 2 aliphatic rings. The molecule has 1 aliphatic heterocycles. The highest BCUT2D eigenvalue weighted by molar-refractivity contribution is 5.99. The molecule has 2 fully saturated rings. The van der Waals surface area contributed by atoms with Gasteiger partial charge < -0.3 is 15.0 Å². The molecule has 1 N–H and O–H groups in total. The Kier molecular flexibility index (Phi) is 4.37. The number of carbonyl (C=O) groups is 2. The monoisotopic (exact) mass is 282 g/mol. The Labute approximate surface area is 121 Å². The van der Waals surface area contributed by atoms with E-state index >= 15 is 0 Å². The van der Waals surface area contributed by atoms with Gasteiger partial charge in [-0.1, -0.05) is 13.8 Å². The number of carbonyl (C=O) groups excluding carboxylic acids is 2. The normalized spacial score (nSPS) is 38.2. The van der Waals surface area contributed by atoms with Gasteiger partial charge in [0.15, 0.2) is 0 Å². The third kappa shape index (κ3) is 2.43. The van der Waals surface area contributed by atoms with E-state index in [9.17, 15) is 9.59 Å². The van der Waals surface area contributed by atoms with Crippen LogP contribution < -0.4 is 5.32 Å². The zero-order valence-electron chi connectivity index (χ0n) is 12.9. The molecule has 20 heavy (non-hydrogen) atoms. The minimum atomic E-state index is -0.756. The van der Waals surface area contributed by atoms with Crippen molar-refractivity contribution in [2.24, 2.45) is 0 Å². The third-order valence-corrected chi connectivity index (χ3v) is 4.92. The largest absolute Gasteiger partial charge is 0.381 e. The number of hydrogen-bond donors (Lipinski definition) is 1. The lowest BCUT2D eigenvalue weighted by Crippen LogP contribution is -2.70. The van der Waals surface area contributed by atoms with Gasteiger partial charge in [0.25, 0.3) is 0 Å². The Morgan fingerprint density at radius 3 is 2.55 bits per heavy atom. The predicted octanol–water partition coefficient (Wildman–Crippen LogP) is 1.46. The maximum atomic E-state index is 12.8. The fourth-order valence-electron chi connectivity index (χ4n) is 3.39. The molecular formula is C15H26N2O3. The van der Waals surface area contributed by atoms with Crippen LogP contribution in [-0.4, -0.2) is 47.6 Å². The van der Waals surface area contributed by atoms with Crippen LogP contribution in [-0.2, 0) is 14.3 Å². The summed E-state index contributed by atoms with van der Waals surface area (Å²) in [5.41, 5.74) is -0.756. The van der Waals surface area contributed by atoms with Crippen molar-refractivity contribution >= 4 is 11.8 Å². The predicted molar refractivity (Wildman–Crippen MR) is 76.2 cm³/mol. The van der Waals surface area contributed by atoms with Crippen LogP contribution in [0.5, 0.6) is 0 Å². The van der Waals surface area contributed by atoms with E-state index in [4.69, 9.17) is 4.74 Å². The van der Waals surface area contributed by atoms with E-state index in [1.165, 1.54) is 0 Å². The first-order chi connectivity index (χ1) is 9.46. The summed E-state index contributed by atoms with van der Waals surface area (Å²) in [4.78, 5) is 27.0. The van der Waals surface area contributed by atoms with Gasteiger partial charge in [-0.3, -0.25) is 9.59 Å².